The maximum Gasteiger partial charge on any atom is 0.0153 e. The summed E-state index contributed by atoms with van der Waals surface area (Å²) in [6, 6.07) is 0. The maximum atomic E-state index is 2.80. The van der Waals surface area contributed by atoms with Gasteiger partial charge in [0.15, 0.2) is 0 Å². The molecule has 2 heterocycles. The molecule has 0 spiro atoms. The van der Waals surface area contributed by atoms with Crippen LogP contribution in [0.2, 0.25) is 0 Å². The van der Waals surface area contributed by atoms with Gasteiger partial charge in [0.1, 0.15) is 0 Å². The van der Waals surface area contributed by atoms with Gasteiger partial charge < -0.3 is 0 Å². The van der Waals surface area contributed by atoms with Gasteiger partial charge >= 0.3 is 0 Å². The van der Waals surface area contributed by atoms with Crippen molar-refractivity contribution in [3.05, 3.63) is 0 Å². The summed E-state index contributed by atoms with van der Waals surface area (Å²) in [6.45, 7) is 32.2. The van der Waals surface area contributed by atoms with Crippen molar-refractivity contribution in [1.29, 1.82) is 0 Å². The number of likely N-dealkylation sites (tertiary alicyclic amines) is 2. The molecule has 0 saturated carbocycles. The van der Waals surface area contributed by atoms with Crippen LogP contribution in [-0.2, 0) is 0 Å². The van der Waals surface area contributed by atoms with E-state index in [0.717, 1.165) is 17.8 Å². The molecule has 2 heteroatoms. The molecule has 2 aliphatic rings. The summed E-state index contributed by atoms with van der Waals surface area (Å²) < 4.78 is 0. The first kappa shape index (κ1) is 26.2. The molecule has 2 aliphatic heterocycles. The number of hydrogen-bond donors (Lipinski definition) is 0. The third-order valence-corrected chi connectivity index (χ3v) is 9.79. The number of piperidine rings is 2. The largest absolute Gasteiger partial charge is 0.298 e. The van der Waals surface area contributed by atoms with Crippen LogP contribution in [0.1, 0.15) is 115 Å². The van der Waals surface area contributed by atoms with Gasteiger partial charge in [-0.15, -0.1) is 0 Å². The lowest BCUT2D eigenvalue weighted by Gasteiger charge is -2.52. The molecule has 178 valence electrons. The van der Waals surface area contributed by atoms with Crippen LogP contribution in [0.25, 0.3) is 0 Å². The molecule has 0 N–H and O–H groups in total. The van der Waals surface area contributed by atoms with Crippen LogP contribution >= 0.6 is 0 Å². The molecule has 2 atom stereocenters. The van der Waals surface area contributed by atoms with Crippen LogP contribution in [0, 0.1) is 28.6 Å². The van der Waals surface area contributed by atoms with Crippen LogP contribution in [0.3, 0.4) is 0 Å². The third kappa shape index (κ3) is 6.03. The monoisotopic (exact) mass is 420 g/mol. The van der Waals surface area contributed by atoms with Crippen LogP contribution in [0.5, 0.6) is 0 Å². The van der Waals surface area contributed by atoms with E-state index in [9.17, 15) is 0 Å². The van der Waals surface area contributed by atoms with Crippen molar-refractivity contribution in [2.75, 3.05) is 26.2 Å². The minimum atomic E-state index is 0.327. The van der Waals surface area contributed by atoms with Crippen molar-refractivity contribution in [2.24, 2.45) is 28.6 Å². The number of nitrogens with zero attached hydrogens (tertiary/aromatic N) is 2. The zero-order valence-electron chi connectivity index (χ0n) is 22.7. The fourth-order valence-electron chi connectivity index (χ4n) is 6.33. The lowest BCUT2D eigenvalue weighted by Crippen LogP contribution is -2.53. The van der Waals surface area contributed by atoms with Gasteiger partial charge in [0.25, 0.3) is 0 Å². The summed E-state index contributed by atoms with van der Waals surface area (Å²) in [5.74, 6) is 2.57. The fourth-order valence-corrected chi connectivity index (χ4v) is 6.33. The Bertz CT molecular complexity index is 531. The summed E-state index contributed by atoms with van der Waals surface area (Å²) in [7, 11) is 0. The topological polar surface area (TPSA) is 6.48 Å². The molecule has 2 saturated heterocycles. The molecule has 0 radical (unpaired) electrons. The van der Waals surface area contributed by atoms with Gasteiger partial charge in [-0.3, -0.25) is 9.80 Å². The van der Waals surface area contributed by atoms with Gasteiger partial charge in [-0.2, -0.15) is 0 Å². The van der Waals surface area contributed by atoms with Gasteiger partial charge in [-0.1, -0.05) is 48.5 Å². The van der Waals surface area contributed by atoms with E-state index in [2.05, 4.69) is 86.0 Å². The van der Waals surface area contributed by atoms with E-state index in [1.165, 1.54) is 64.7 Å². The van der Waals surface area contributed by atoms with E-state index in [1.807, 2.05) is 0 Å². The first-order valence-corrected chi connectivity index (χ1v) is 13.1. The molecule has 2 fully saturated rings. The van der Waals surface area contributed by atoms with E-state index in [1.54, 1.807) is 0 Å². The molecule has 30 heavy (non-hydrogen) atoms. The highest BCUT2D eigenvalue weighted by Gasteiger charge is 2.42. The van der Waals surface area contributed by atoms with E-state index in [4.69, 9.17) is 0 Å². The molecule has 0 aromatic rings. The summed E-state index contributed by atoms with van der Waals surface area (Å²) in [5, 5.41) is 0. The first-order valence-electron chi connectivity index (χ1n) is 13.1. The SMILES string of the molecule is CC(C)C1CCN(C(C)(C)CCCC(C)(C)N2CCC(C)(C(C)(C)C)CC2)CC1C. The molecule has 2 nitrogen and oxygen atoms in total. The Labute approximate surface area is 190 Å². The average Bonchev–Trinajstić information content (AvgIpc) is 2.60. The molecule has 0 amide bonds. The van der Waals surface area contributed by atoms with E-state index in [-0.39, 0.29) is 0 Å². The predicted molar refractivity (Wildman–Crippen MR) is 134 cm³/mol. The third-order valence-electron chi connectivity index (χ3n) is 9.79. The van der Waals surface area contributed by atoms with Crippen molar-refractivity contribution in [3.63, 3.8) is 0 Å². The minimum Gasteiger partial charge on any atom is -0.298 e. The summed E-state index contributed by atoms with van der Waals surface area (Å²) in [6.07, 6.45) is 8.05. The second-order valence-electron chi connectivity index (χ2n) is 13.9. The van der Waals surface area contributed by atoms with Gasteiger partial charge in [-0.25, -0.2) is 0 Å². The lowest BCUT2D eigenvalue weighted by molar-refractivity contribution is -0.0193. The van der Waals surface area contributed by atoms with Crippen LogP contribution in [-0.4, -0.2) is 47.1 Å². The molecule has 2 unspecified atom stereocenters. The van der Waals surface area contributed by atoms with Gasteiger partial charge in [0, 0.05) is 17.6 Å². The zero-order chi connectivity index (χ0) is 23.0. The second kappa shape index (κ2) is 9.42. The summed E-state index contributed by atoms with van der Waals surface area (Å²) in [4.78, 5) is 5.60. The van der Waals surface area contributed by atoms with Crippen molar-refractivity contribution in [2.45, 2.75) is 126 Å². The fraction of sp³-hybridized carbons (Fsp3) is 1.00. The van der Waals surface area contributed by atoms with Crippen molar-refractivity contribution in [1.82, 2.24) is 9.80 Å². The quantitative estimate of drug-likeness (QED) is 0.421. The van der Waals surface area contributed by atoms with Gasteiger partial charge in [-0.05, 0) is 114 Å². The standard InChI is InChI=1S/C28H56N2/c1-22(2)24-13-18-30(21-23(24)3)27(9,10)15-12-14-26(7,8)29-19-16-28(11,17-20-29)25(4,5)6/h22-24H,12-21H2,1-11H3. The molecule has 0 bridgehead atoms. The van der Waals surface area contributed by atoms with Crippen LogP contribution in [0.4, 0.5) is 0 Å². The molecule has 0 aromatic heterocycles. The number of rotatable bonds is 7. The second-order valence-corrected chi connectivity index (χ2v) is 13.9. The van der Waals surface area contributed by atoms with Crippen molar-refractivity contribution in [3.8, 4) is 0 Å². The molecule has 2 rings (SSSR count). The maximum absolute atomic E-state index is 2.80. The van der Waals surface area contributed by atoms with Crippen molar-refractivity contribution < 1.29 is 0 Å². The van der Waals surface area contributed by atoms with Crippen LogP contribution < -0.4 is 0 Å². The smallest absolute Gasteiger partial charge is 0.0153 e. The normalized spacial score (nSPS) is 27.6. The minimum absolute atomic E-state index is 0.327. The highest BCUT2D eigenvalue weighted by atomic mass is 15.2. The van der Waals surface area contributed by atoms with Gasteiger partial charge in [0.2, 0.25) is 0 Å². The Morgan fingerprint density at radius 3 is 1.77 bits per heavy atom. The average molecular weight is 421 g/mol. The van der Waals surface area contributed by atoms with Crippen LogP contribution in [0.15, 0.2) is 0 Å². The van der Waals surface area contributed by atoms with E-state index >= 15 is 0 Å². The zero-order valence-corrected chi connectivity index (χ0v) is 22.7. The Kier molecular flexibility index (Phi) is 8.22. The molecule has 0 aliphatic carbocycles. The molecule has 0 aromatic carbocycles. The van der Waals surface area contributed by atoms with Crippen molar-refractivity contribution >= 4 is 0 Å². The number of hydrogen-bond acceptors (Lipinski definition) is 2. The first-order chi connectivity index (χ1) is 13.6. The molecular weight excluding hydrogens is 364 g/mol. The van der Waals surface area contributed by atoms with E-state index in [0.29, 0.717) is 21.9 Å². The highest BCUT2D eigenvalue weighted by Crippen LogP contribution is 2.47. The Morgan fingerprint density at radius 2 is 1.33 bits per heavy atom. The van der Waals surface area contributed by atoms with E-state index < -0.39 is 0 Å². The molecular formula is C28H56N2. The van der Waals surface area contributed by atoms with Gasteiger partial charge in [0.05, 0.1) is 0 Å². The predicted octanol–water partition coefficient (Wildman–Crippen LogP) is 7.48. The Morgan fingerprint density at radius 1 is 0.833 bits per heavy atom. The summed E-state index contributed by atoms with van der Waals surface area (Å²) >= 11 is 0. The summed E-state index contributed by atoms with van der Waals surface area (Å²) in [5.41, 5.74) is 1.56. The Balaban J connectivity index is 1.84. The highest BCUT2D eigenvalue weighted by molar-refractivity contribution is 4.95. The lowest BCUT2D eigenvalue weighted by atomic mass is 9.62. The Hall–Kier alpha value is -0.0800.